The van der Waals surface area contributed by atoms with E-state index in [1.165, 1.54) is 19.2 Å². The Kier molecular flexibility index (Phi) is 2.86. The van der Waals surface area contributed by atoms with Gasteiger partial charge in [-0.25, -0.2) is 9.18 Å². The van der Waals surface area contributed by atoms with E-state index < -0.39 is 11.8 Å². The summed E-state index contributed by atoms with van der Waals surface area (Å²) in [4.78, 5) is 11.1. The summed E-state index contributed by atoms with van der Waals surface area (Å²) in [7, 11) is 1.21. The summed E-state index contributed by atoms with van der Waals surface area (Å²) < 4.78 is 22.7. The van der Waals surface area contributed by atoms with E-state index in [0.29, 0.717) is 5.56 Å². The van der Waals surface area contributed by atoms with Crippen LogP contribution in [0.15, 0.2) is 22.6 Å². The Labute approximate surface area is 96.2 Å². The van der Waals surface area contributed by atoms with Crippen LogP contribution in [-0.2, 0) is 4.74 Å². The highest BCUT2D eigenvalue weighted by molar-refractivity contribution is 5.84. The Morgan fingerprint density at radius 1 is 1.35 bits per heavy atom. The van der Waals surface area contributed by atoms with Gasteiger partial charge in [0, 0.05) is 5.56 Å². The van der Waals surface area contributed by atoms with Gasteiger partial charge in [-0.2, -0.15) is 0 Å². The van der Waals surface area contributed by atoms with Crippen molar-refractivity contribution in [3.63, 3.8) is 0 Å². The van der Waals surface area contributed by atoms with E-state index in [2.05, 4.69) is 14.9 Å². The molecule has 5 nitrogen and oxygen atoms in total. The van der Waals surface area contributed by atoms with Crippen molar-refractivity contribution < 1.29 is 18.3 Å². The van der Waals surface area contributed by atoms with Crippen LogP contribution in [0.25, 0.3) is 11.5 Å². The van der Waals surface area contributed by atoms with Crippen molar-refractivity contribution in [2.24, 2.45) is 0 Å². The average molecular weight is 236 g/mol. The van der Waals surface area contributed by atoms with Crippen LogP contribution in [0.4, 0.5) is 4.39 Å². The van der Waals surface area contributed by atoms with Crippen LogP contribution >= 0.6 is 0 Å². The Bertz CT molecular complexity index is 545. The maximum Gasteiger partial charge on any atom is 0.396 e. The van der Waals surface area contributed by atoms with Crippen molar-refractivity contribution >= 4 is 5.97 Å². The van der Waals surface area contributed by atoms with Crippen molar-refractivity contribution in [3.05, 3.63) is 35.5 Å². The molecule has 17 heavy (non-hydrogen) atoms. The molecule has 0 N–H and O–H groups in total. The molecule has 1 aromatic heterocycles. The molecule has 0 fully saturated rings. The van der Waals surface area contributed by atoms with Gasteiger partial charge in [0.15, 0.2) is 0 Å². The number of esters is 1. The smallest absolute Gasteiger partial charge is 0.396 e. The number of hydrogen-bond donors (Lipinski definition) is 0. The highest BCUT2D eigenvalue weighted by atomic mass is 19.1. The molecule has 0 bridgehead atoms. The van der Waals surface area contributed by atoms with Crippen LogP contribution < -0.4 is 0 Å². The van der Waals surface area contributed by atoms with Gasteiger partial charge in [-0.05, 0) is 30.7 Å². The van der Waals surface area contributed by atoms with Gasteiger partial charge in [0.25, 0.3) is 0 Å². The lowest BCUT2D eigenvalue weighted by Crippen LogP contribution is -2.00. The first-order valence-corrected chi connectivity index (χ1v) is 4.79. The van der Waals surface area contributed by atoms with Gasteiger partial charge < -0.3 is 9.15 Å². The van der Waals surface area contributed by atoms with Gasteiger partial charge in [0.2, 0.25) is 5.89 Å². The van der Waals surface area contributed by atoms with Crippen molar-refractivity contribution in [1.82, 2.24) is 10.2 Å². The molecule has 0 saturated carbocycles. The van der Waals surface area contributed by atoms with Crippen LogP contribution in [-0.4, -0.2) is 23.3 Å². The van der Waals surface area contributed by atoms with Gasteiger partial charge in [-0.3, -0.25) is 0 Å². The summed E-state index contributed by atoms with van der Waals surface area (Å²) in [5.41, 5.74) is 1.14. The summed E-state index contributed by atoms with van der Waals surface area (Å²) in [5, 5.41) is 7.16. The van der Waals surface area contributed by atoms with Gasteiger partial charge in [-0.1, -0.05) is 0 Å². The fraction of sp³-hybridized carbons (Fsp3) is 0.182. The zero-order valence-corrected chi connectivity index (χ0v) is 9.23. The quantitative estimate of drug-likeness (QED) is 0.746. The molecule has 2 rings (SSSR count). The summed E-state index contributed by atoms with van der Waals surface area (Å²) in [6.45, 7) is 1.74. The molecule has 1 aromatic carbocycles. The van der Waals surface area contributed by atoms with Crippen LogP contribution in [0.3, 0.4) is 0 Å². The third-order valence-corrected chi connectivity index (χ3v) is 2.07. The van der Waals surface area contributed by atoms with Gasteiger partial charge >= 0.3 is 11.9 Å². The number of nitrogens with zero attached hydrogens (tertiary/aromatic N) is 2. The topological polar surface area (TPSA) is 65.2 Å². The number of halogens is 1. The molecule has 0 aliphatic rings. The van der Waals surface area contributed by atoms with Crippen LogP contribution in [0, 0.1) is 12.7 Å². The molecule has 0 atom stereocenters. The number of benzene rings is 1. The number of carbonyl (C=O) groups is 1. The summed E-state index contributed by atoms with van der Waals surface area (Å²) in [5.74, 6) is -1.31. The minimum Gasteiger partial charge on any atom is -0.462 e. The van der Waals surface area contributed by atoms with Gasteiger partial charge in [0.05, 0.1) is 7.11 Å². The van der Waals surface area contributed by atoms with Crippen LogP contribution in [0.5, 0.6) is 0 Å². The highest BCUT2D eigenvalue weighted by Gasteiger charge is 2.16. The number of ether oxygens (including phenoxy) is 1. The number of carbonyl (C=O) groups excluding carboxylic acids is 1. The van der Waals surface area contributed by atoms with E-state index in [-0.39, 0.29) is 11.8 Å². The molecule has 2 aromatic rings. The van der Waals surface area contributed by atoms with Crippen LogP contribution in [0.1, 0.15) is 16.2 Å². The lowest BCUT2D eigenvalue weighted by Gasteiger charge is -1.97. The Morgan fingerprint density at radius 3 is 2.76 bits per heavy atom. The highest BCUT2D eigenvalue weighted by Crippen LogP contribution is 2.20. The second kappa shape index (κ2) is 4.32. The standard InChI is InChI=1S/C11H9FN2O3/c1-6-3-7(5-8(12)4-6)9-13-14-10(17-9)11(15)16-2/h3-5H,1-2H3. The fourth-order valence-electron chi connectivity index (χ4n) is 1.37. The Balaban J connectivity index is 2.40. The average Bonchev–Trinajstić information content (AvgIpc) is 2.76. The monoisotopic (exact) mass is 236 g/mol. The number of rotatable bonds is 2. The first-order valence-electron chi connectivity index (χ1n) is 4.79. The lowest BCUT2D eigenvalue weighted by atomic mass is 10.1. The van der Waals surface area contributed by atoms with Gasteiger partial charge in [0.1, 0.15) is 5.82 Å². The van der Waals surface area contributed by atoms with Crippen molar-refractivity contribution in [1.29, 1.82) is 0 Å². The van der Waals surface area contributed by atoms with Crippen molar-refractivity contribution in [2.45, 2.75) is 6.92 Å². The summed E-state index contributed by atoms with van der Waals surface area (Å²) in [6.07, 6.45) is 0. The second-order valence-corrected chi connectivity index (χ2v) is 3.42. The van der Waals surface area contributed by atoms with E-state index in [1.54, 1.807) is 13.0 Å². The number of hydrogen-bond acceptors (Lipinski definition) is 5. The maximum atomic E-state index is 13.2. The minimum atomic E-state index is -0.725. The summed E-state index contributed by atoms with van der Waals surface area (Å²) in [6, 6.07) is 4.31. The Hall–Kier alpha value is -2.24. The number of aryl methyl sites for hydroxylation is 1. The second-order valence-electron chi connectivity index (χ2n) is 3.42. The van der Waals surface area contributed by atoms with Crippen molar-refractivity contribution in [3.8, 4) is 11.5 Å². The molecule has 0 amide bonds. The first-order chi connectivity index (χ1) is 8.10. The molecule has 0 saturated heterocycles. The largest absolute Gasteiger partial charge is 0.462 e. The summed E-state index contributed by atoms with van der Waals surface area (Å²) >= 11 is 0. The predicted octanol–water partition coefficient (Wildman–Crippen LogP) is 1.97. The molecule has 0 aliphatic carbocycles. The zero-order chi connectivity index (χ0) is 12.4. The molecular formula is C11H9FN2O3. The van der Waals surface area contributed by atoms with E-state index >= 15 is 0 Å². The normalized spacial score (nSPS) is 10.3. The molecule has 1 heterocycles. The van der Waals surface area contributed by atoms with E-state index in [4.69, 9.17) is 4.42 Å². The number of aromatic nitrogens is 2. The molecule has 6 heteroatoms. The number of methoxy groups -OCH3 is 1. The van der Waals surface area contributed by atoms with E-state index in [9.17, 15) is 9.18 Å². The fourth-order valence-corrected chi connectivity index (χ4v) is 1.37. The molecule has 0 aliphatic heterocycles. The minimum absolute atomic E-state index is 0.0769. The molecule has 0 unspecified atom stereocenters. The third-order valence-electron chi connectivity index (χ3n) is 2.07. The SMILES string of the molecule is COC(=O)c1nnc(-c2cc(C)cc(F)c2)o1. The van der Waals surface area contributed by atoms with Gasteiger partial charge in [-0.15, -0.1) is 10.2 Å². The lowest BCUT2D eigenvalue weighted by molar-refractivity contribution is 0.0556. The Morgan fingerprint density at radius 2 is 2.12 bits per heavy atom. The first kappa shape index (κ1) is 11.3. The zero-order valence-electron chi connectivity index (χ0n) is 9.23. The molecule has 88 valence electrons. The van der Waals surface area contributed by atoms with E-state index in [1.807, 2.05) is 0 Å². The maximum absolute atomic E-state index is 13.2. The van der Waals surface area contributed by atoms with Crippen molar-refractivity contribution in [2.75, 3.05) is 7.11 Å². The molecular weight excluding hydrogens is 227 g/mol. The van der Waals surface area contributed by atoms with Crippen LogP contribution in [0.2, 0.25) is 0 Å². The molecule has 0 spiro atoms. The van der Waals surface area contributed by atoms with E-state index in [0.717, 1.165) is 5.56 Å². The molecule has 0 radical (unpaired) electrons. The predicted molar refractivity (Wildman–Crippen MR) is 55.8 cm³/mol. The third kappa shape index (κ3) is 2.30.